The van der Waals surface area contributed by atoms with E-state index in [0.717, 1.165) is 37.7 Å². The zero-order valence-corrected chi connectivity index (χ0v) is 14.1. The van der Waals surface area contributed by atoms with Gasteiger partial charge in [0.2, 0.25) is 0 Å². The number of hydrogen-bond acceptors (Lipinski definition) is 4. The molecule has 0 saturated heterocycles. The van der Waals surface area contributed by atoms with Crippen LogP contribution in [0.5, 0.6) is 0 Å². The number of carbonyl (C=O) groups excluding carboxylic acids is 1. The van der Waals surface area contributed by atoms with Crippen molar-refractivity contribution in [2.75, 3.05) is 13.1 Å². The molecule has 0 aliphatic heterocycles. The van der Waals surface area contributed by atoms with E-state index in [1.165, 1.54) is 11.3 Å². The molecular weight excluding hydrogens is 282 g/mol. The summed E-state index contributed by atoms with van der Waals surface area (Å²) in [5.74, 6) is 0.799. The topological polar surface area (TPSA) is 46.1 Å². The molecule has 0 radical (unpaired) electrons. The number of amides is 1. The van der Waals surface area contributed by atoms with Gasteiger partial charge in [-0.1, -0.05) is 12.2 Å². The standard InChI is InChI=1S/C16H21N3OS/c1-7-19(8-9(2)3)16(20)14-10(4)13-11(5)17-12(6)18-15(13)21-14/h2,7-8H2,1,3-6H3. The third-order valence-corrected chi connectivity index (χ3v) is 4.58. The molecule has 0 aromatic carbocycles. The summed E-state index contributed by atoms with van der Waals surface area (Å²) in [7, 11) is 0. The van der Waals surface area contributed by atoms with E-state index in [-0.39, 0.29) is 5.91 Å². The van der Waals surface area contributed by atoms with Crippen molar-refractivity contribution in [3.8, 4) is 0 Å². The van der Waals surface area contributed by atoms with Gasteiger partial charge in [0.1, 0.15) is 10.7 Å². The molecule has 112 valence electrons. The molecule has 0 unspecified atom stereocenters. The van der Waals surface area contributed by atoms with Gasteiger partial charge in [-0.05, 0) is 40.2 Å². The van der Waals surface area contributed by atoms with E-state index >= 15 is 0 Å². The van der Waals surface area contributed by atoms with Crippen LogP contribution in [0.4, 0.5) is 0 Å². The van der Waals surface area contributed by atoms with Crippen LogP contribution in [0.2, 0.25) is 0 Å². The van der Waals surface area contributed by atoms with Crippen LogP contribution in [0.3, 0.4) is 0 Å². The molecule has 2 aromatic heterocycles. The summed E-state index contributed by atoms with van der Waals surface area (Å²) in [6.07, 6.45) is 0. The van der Waals surface area contributed by atoms with E-state index in [1.54, 1.807) is 0 Å². The molecule has 21 heavy (non-hydrogen) atoms. The Kier molecular flexibility index (Phi) is 4.42. The number of rotatable bonds is 4. The maximum atomic E-state index is 12.7. The Labute approximate surface area is 129 Å². The zero-order valence-electron chi connectivity index (χ0n) is 13.3. The first kappa shape index (κ1) is 15.6. The SMILES string of the molecule is C=C(C)CN(CC)C(=O)c1sc2nc(C)nc(C)c2c1C. The van der Waals surface area contributed by atoms with Gasteiger partial charge in [0, 0.05) is 24.2 Å². The minimum absolute atomic E-state index is 0.0538. The molecule has 0 aliphatic rings. The number of aromatic nitrogens is 2. The van der Waals surface area contributed by atoms with Crippen LogP contribution in [0, 0.1) is 20.8 Å². The van der Waals surface area contributed by atoms with Crippen LogP contribution in [-0.2, 0) is 0 Å². The molecule has 1 amide bonds. The van der Waals surface area contributed by atoms with Gasteiger partial charge in [-0.25, -0.2) is 9.97 Å². The lowest BCUT2D eigenvalue weighted by Gasteiger charge is -2.20. The van der Waals surface area contributed by atoms with E-state index in [0.29, 0.717) is 13.1 Å². The second kappa shape index (κ2) is 5.93. The average Bonchev–Trinajstić information content (AvgIpc) is 2.72. The van der Waals surface area contributed by atoms with E-state index in [4.69, 9.17) is 0 Å². The molecule has 0 atom stereocenters. The van der Waals surface area contributed by atoms with E-state index < -0.39 is 0 Å². The van der Waals surface area contributed by atoms with Crippen molar-refractivity contribution in [2.45, 2.75) is 34.6 Å². The molecule has 0 spiro atoms. The summed E-state index contributed by atoms with van der Waals surface area (Å²) >= 11 is 1.46. The van der Waals surface area contributed by atoms with Gasteiger partial charge >= 0.3 is 0 Å². The van der Waals surface area contributed by atoms with Crippen LogP contribution in [0.1, 0.15) is 40.6 Å². The highest BCUT2D eigenvalue weighted by Gasteiger charge is 2.22. The smallest absolute Gasteiger partial charge is 0.264 e. The van der Waals surface area contributed by atoms with Gasteiger partial charge < -0.3 is 4.90 Å². The summed E-state index contributed by atoms with van der Waals surface area (Å²) in [5.41, 5.74) is 2.90. The molecule has 5 heteroatoms. The first-order valence-corrected chi connectivity index (χ1v) is 7.84. The van der Waals surface area contributed by atoms with Crippen LogP contribution in [-0.4, -0.2) is 33.9 Å². The molecule has 4 nitrogen and oxygen atoms in total. The van der Waals surface area contributed by atoms with Crippen molar-refractivity contribution in [3.05, 3.63) is 34.1 Å². The Morgan fingerprint density at radius 3 is 2.52 bits per heavy atom. The Balaban J connectivity index is 2.51. The largest absolute Gasteiger partial charge is 0.334 e. The number of nitrogens with zero attached hydrogens (tertiary/aromatic N) is 3. The van der Waals surface area contributed by atoms with Crippen molar-refractivity contribution in [1.29, 1.82) is 0 Å². The van der Waals surface area contributed by atoms with Gasteiger partial charge in [-0.3, -0.25) is 4.79 Å². The zero-order chi connectivity index (χ0) is 15.7. The summed E-state index contributed by atoms with van der Waals surface area (Å²) in [5, 5.41) is 1.01. The fourth-order valence-electron chi connectivity index (χ4n) is 2.47. The second-order valence-corrected chi connectivity index (χ2v) is 6.37. The Hall–Kier alpha value is -1.75. The lowest BCUT2D eigenvalue weighted by Crippen LogP contribution is -2.31. The summed E-state index contributed by atoms with van der Waals surface area (Å²) in [6.45, 7) is 14.9. The highest BCUT2D eigenvalue weighted by atomic mass is 32.1. The molecule has 2 rings (SSSR count). The summed E-state index contributed by atoms with van der Waals surface area (Å²) in [6, 6.07) is 0. The summed E-state index contributed by atoms with van der Waals surface area (Å²) in [4.78, 5) is 25.1. The van der Waals surface area contributed by atoms with Crippen LogP contribution >= 0.6 is 11.3 Å². The Bertz CT molecular complexity index is 718. The first-order valence-electron chi connectivity index (χ1n) is 7.03. The quantitative estimate of drug-likeness (QED) is 0.810. The molecular formula is C16H21N3OS. The van der Waals surface area contributed by atoms with Crippen molar-refractivity contribution < 1.29 is 4.79 Å². The normalized spacial score (nSPS) is 10.9. The van der Waals surface area contributed by atoms with E-state index in [9.17, 15) is 4.79 Å². The van der Waals surface area contributed by atoms with Crippen molar-refractivity contribution in [3.63, 3.8) is 0 Å². The van der Waals surface area contributed by atoms with Crippen LogP contribution in [0.25, 0.3) is 10.2 Å². The van der Waals surface area contributed by atoms with Gasteiger partial charge in [0.25, 0.3) is 5.91 Å². The Morgan fingerprint density at radius 2 is 1.95 bits per heavy atom. The van der Waals surface area contributed by atoms with Gasteiger partial charge in [0.05, 0.1) is 4.88 Å². The molecule has 0 bridgehead atoms. The predicted molar refractivity (Wildman–Crippen MR) is 88.0 cm³/mol. The number of likely N-dealkylation sites (N-methyl/N-ethyl adjacent to an activating group) is 1. The highest BCUT2D eigenvalue weighted by Crippen LogP contribution is 2.32. The fraction of sp³-hybridized carbons (Fsp3) is 0.438. The Morgan fingerprint density at radius 1 is 1.29 bits per heavy atom. The first-order chi connectivity index (χ1) is 9.85. The van der Waals surface area contributed by atoms with Crippen LogP contribution < -0.4 is 0 Å². The number of fused-ring (bicyclic) bond motifs is 1. The van der Waals surface area contributed by atoms with Gasteiger partial charge in [-0.2, -0.15) is 0 Å². The van der Waals surface area contributed by atoms with Gasteiger partial charge in [-0.15, -0.1) is 11.3 Å². The van der Waals surface area contributed by atoms with Gasteiger partial charge in [0.15, 0.2) is 0 Å². The van der Waals surface area contributed by atoms with E-state index in [1.807, 2.05) is 39.5 Å². The predicted octanol–water partition coefficient (Wildman–Crippen LogP) is 3.65. The third kappa shape index (κ3) is 2.97. The highest BCUT2D eigenvalue weighted by molar-refractivity contribution is 7.20. The number of hydrogen-bond donors (Lipinski definition) is 0. The molecule has 0 aliphatic carbocycles. The van der Waals surface area contributed by atoms with Crippen LogP contribution in [0.15, 0.2) is 12.2 Å². The number of thiophene rings is 1. The molecule has 2 heterocycles. The lowest BCUT2D eigenvalue weighted by molar-refractivity contribution is 0.0782. The monoisotopic (exact) mass is 303 g/mol. The molecule has 0 fully saturated rings. The van der Waals surface area contributed by atoms with Crippen molar-refractivity contribution >= 4 is 27.5 Å². The van der Waals surface area contributed by atoms with E-state index in [2.05, 4.69) is 16.5 Å². The molecule has 0 N–H and O–H groups in total. The maximum Gasteiger partial charge on any atom is 0.264 e. The third-order valence-electron chi connectivity index (χ3n) is 3.41. The maximum absolute atomic E-state index is 12.7. The van der Waals surface area contributed by atoms with Crippen molar-refractivity contribution in [2.24, 2.45) is 0 Å². The lowest BCUT2D eigenvalue weighted by atomic mass is 10.1. The minimum Gasteiger partial charge on any atom is -0.334 e. The fourth-order valence-corrected chi connectivity index (χ4v) is 3.72. The molecule has 2 aromatic rings. The second-order valence-electron chi connectivity index (χ2n) is 5.37. The van der Waals surface area contributed by atoms with Crippen molar-refractivity contribution in [1.82, 2.24) is 14.9 Å². The average molecular weight is 303 g/mol. The minimum atomic E-state index is 0.0538. The summed E-state index contributed by atoms with van der Waals surface area (Å²) < 4.78 is 0. The number of carbonyl (C=O) groups is 1. The molecule has 0 saturated carbocycles. The number of aryl methyl sites for hydroxylation is 3.